The summed E-state index contributed by atoms with van der Waals surface area (Å²) in [6.07, 6.45) is 1.78. The first-order valence-corrected chi connectivity index (χ1v) is 7.52. The van der Waals surface area contributed by atoms with Gasteiger partial charge < -0.3 is 10.1 Å². The maximum Gasteiger partial charge on any atom is 0.130 e. The van der Waals surface area contributed by atoms with Crippen LogP contribution in [0.1, 0.15) is 23.7 Å². The molecule has 0 aliphatic rings. The van der Waals surface area contributed by atoms with Gasteiger partial charge in [-0.25, -0.2) is 0 Å². The van der Waals surface area contributed by atoms with Gasteiger partial charge in [-0.1, -0.05) is 28.9 Å². The van der Waals surface area contributed by atoms with Gasteiger partial charge in [-0.05, 0) is 43.3 Å². The second-order valence-electron chi connectivity index (χ2n) is 4.60. The topological polar surface area (TPSA) is 34.1 Å². The monoisotopic (exact) mass is 334 g/mol. The molecule has 0 fully saturated rings. The molecule has 0 bridgehead atoms. The zero-order chi connectivity index (χ0) is 14.4. The third-order valence-corrected chi connectivity index (χ3v) is 3.43. The van der Waals surface area contributed by atoms with E-state index in [0.717, 1.165) is 40.1 Å². The van der Waals surface area contributed by atoms with E-state index in [2.05, 4.69) is 52.2 Å². The first-order valence-electron chi connectivity index (χ1n) is 6.73. The minimum absolute atomic E-state index is 0.489. The van der Waals surface area contributed by atoms with Crippen LogP contribution in [0.15, 0.2) is 41.0 Å². The Hall–Kier alpha value is -1.39. The highest BCUT2D eigenvalue weighted by atomic mass is 79.9. The fourth-order valence-corrected chi connectivity index (χ4v) is 2.65. The van der Waals surface area contributed by atoms with Crippen LogP contribution in [0, 0.1) is 6.92 Å². The van der Waals surface area contributed by atoms with Crippen molar-refractivity contribution in [2.45, 2.75) is 27.0 Å². The fourth-order valence-electron chi connectivity index (χ4n) is 2.03. The largest absolute Gasteiger partial charge is 0.487 e. The van der Waals surface area contributed by atoms with E-state index >= 15 is 0 Å². The molecule has 0 unspecified atom stereocenters. The molecule has 1 N–H and O–H groups in total. The van der Waals surface area contributed by atoms with Crippen molar-refractivity contribution in [3.8, 4) is 5.75 Å². The van der Waals surface area contributed by atoms with E-state index in [1.807, 2.05) is 18.2 Å². The summed E-state index contributed by atoms with van der Waals surface area (Å²) in [5.74, 6) is 0.944. The van der Waals surface area contributed by atoms with Crippen LogP contribution >= 0.6 is 15.9 Å². The molecule has 1 aromatic heterocycles. The van der Waals surface area contributed by atoms with Gasteiger partial charge in [0.05, 0.1) is 5.69 Å². The molecule has 0 aliphatic carbocycles. The van der Waals surface area contributed by atoms with Crippen molar-refractivity contribution in [2.24, 2.45) is 0 Å². The highest BCUT2D eigenvalue weighted by molar-refractivity contribution is 9.10. The van der Waals surface area contributed by atoms with E-state index in [4.69, 9.17) is 4.74 Å². The fraction of sp³-hybridized carbons (Fsp3) is 0.312. The summed E-state index contributed by atoms with van der Waals surface area (Å²) in [6.45, 7) is 6.38. The molecular formula is C16H19BrN2O. The number of nitrogens with one attached hydrogen (secondary N) is 1. The molecule has 3 nitrogen and oxygen atoms in total. The van der Waals surface area contributed by atoms with Crippen LogP contribution in [0.5, 0.6) is 5.75 Å². The van der Waals surface area contributed by atoms with Gasteiger partial charge in [-0.2, -0.15) is 0 Å². The van der Waals surface area contributed by atoms with Gasteiger partial charge in [0.2, 0.25) is 0 Å². The highest BCUT2D eigenvalue weighted by Crippen LogP contribution is 2.28. The van der Waals surface area contributed by atoms with Gasteiger partial charge >= 0.3 is 0 Å². The van der Waals surface area contributed by atoms with Crippen LogP contribution in [0.2, 0.25) is 0 Å². The lowest BCUT2D eigenvalue weighted by molar-refractivity contribution is 0.295. The average Bonchev–Trinajstić information content (AvgIpc) is 2.45. The Morgan fingerprint density at radius 3 is 2.85 bits per heavy atom. The molecule has 20 heavy (non-hydrogen) atoms. The molecule has 2 aromatic rings. The van der Waals surface area contributed by atoms with E-state index in [9.17, 15) is 0 Å². The Morgan fingerprint density at radius 2 is 2.15 bits per heavy atom. The first kappa shape index (κ1) is 15.0. The van der Waals surface area contributed by atoms with Crippen LogP contribution in [0.4, 0.5) is 0 Å². The SMILES string of the molecule is CCNCc1cc(Br)cc(C)c1OCc1ccccn1. The van der Waals surface area contributed by atoms with Crippen molar-refractivity contribution in [1.29, 1.82) is 0 Å². The summed E-state index contributed by atoms with van der Waals surface area (Å²) in [5.41, 5.74) is 3.22. The quantitative estimate of drug-likeness (QED) is 0.871. The Morgan fingerprint density at radius 1 is 1.30 bits per heavy atom. The highest BCUT2D eigenvalue weighted by Gasteiger charge is 2.09. The van der Waals surface area contributed by atoms with E-state index in [1.165, 1.54) is 0 Å². The van der Waals surface area contributed by atoms with Gasteiger partial charge in [-0.3, -0.25) is 4.98 Å². The molecule has 0 saturated carbocycles. The molecule has 0 radical (unpaired) electrons. The first-order chi connectivity index (χ1) is 9.70. The van der Waals surface area contributed by atoms with Crippen molar-refractivity contribution < 1.29 is 4.74 Å². The van der Waals surface area contributed by atoms with Crippen molar-refractivity contribution in [3.05, 3.63) is 57.8 Å². The number of aryl methyl sites for hydroxylation is 1. The number of pyridine rings is 1. The summed E-state index contributed by atoms with van der Waals surface area (Å²) >= 11 is 3.54. The van der Waals surface area contributed by atoms with Gasteiger partial charge in [0.25, 0.3) is 0 Å². The standard InChI is InChI=1S/C16H19BrN2O/c1-3-18-10-13-9-14(17)8-12(2)16(13)20-11-15-6-4-5-7-19-15/h4-9,18H,3,10-11H2,1-2H3. The van der Waals surface area contributed by atoms with Crippen molar-refractivity contribution in [3.63, 3.8) is 0 Å². The zero-order valence-corrected chi connectivity index (χ0v) is 13.4. The lowest BCUT2D eigenvalue weighted by Gasteiger charge is -2.15. The number of rotatable bonds is 6. The molecule has 2 rings (SSSR count). The second-order valence-corrected chi connectivity index (χ2v) is 5.52. The van der Waals surface area contributed by atoms with Gasteiger partial charge in [0, 0.05) is 22.8 Å². The van der Waals surface area contributed by atoms with Crippen molar-refractivity contribution in [1.82, 2.24) is 10.3 Å². The van der Waals surface area contributed by atoms with E-state index in [1.54, 1.807) is 6.20 Å². The number of ether oxygens (including phenoxy) is 1. The smallest absolute Gasteiger partial charge is 0.130 e. The van der Waals surface area contributed by atoms with Gasteiger partial charge in [-0.15, -0.1) is 0 Å². The summed E-state index contributed by atoms with van der Waals surface area (Å²) < 4.78 is 7.06. The van der Waals surface area contributed by atoms with E-state index in [-0.39, 0.29) is 0 Å². The minimum Gasteiger partial charge on any atom is -0.487 e. The predicted molar refractivity (Wildman–Crippen MR) is 84.8 cm³/mol. The predicted octanol–water partition coefficient (Wildman–Crippen LogP) is 3.84. The molecule has 0 amide bonds. The summed E-state index contributed by atoms with van der Waals surface area (Å²) in [5, 5.41) is 3.34. The van der Waals surface area contributed by atoms with E-state index in [0.29, 0.717) is 6.61 Å². The van der Waals surface area contributed by atoms with Crippen LogP contribution < -0.4 is 10.1 Å². The number of benzene rings is 1. The van der Waals surface area contributed by atoms with Crippen molar-refractivity contribution in [2.75, 3.05) is 6.54 Å². The average molecular weight is 335 g/mol. The zero-order valence-electron chi connectivity index (χ0n) is 11.8. The van der Waals surface area contributed by atoms with Gasteiger partial charge in [0.1, 0.15) is 12.4 Å². The van der Waals surface area contributed by atoms with Gasteiger partial charge in [0.15, 0.2) is 0 Å². The maximum absolute atomic E-state index is 5.98. The number of halogens is 1. The third-order valence-electron chi connectivity index (χ3n) is 2.97. The van der Waals surface area contributed by atoms with Crippen LogP contribution in [0.3, 0.4) is 0 Å². The Kier molecular flexibility index (Phi) is 5.56. The van der Waals surface area contributed by atoms with Crippen LogP contribution in [-0.2, 0) is 13.2 Å². The molecule has 4 heteroatoms. The minimum atomic E-state index is 0.489. The Labute approximate surface area is 128 Å². The number of aromatic nitrogens is 1. The molecule has 0 saturated heterocycles. The molecule has 0 spiro atoms. The van der Waals surface area contributed by atoms with E-state index < -0.39 is 0 Å². The van der Waals surface area contributed by atoms with Crippen molar-refractivity contribution >= 4 is 15.9 Å². The molecule has 106 valence electrons. The number of nitrogens with zero attached hydrogens (tertiary/aromatic N) is 1. The third kappa shape index (κ3) is 4.05. The molecule has 1 heterocycles. The van der Waals surface area contributed by atoms with Crippen LogP contribution in [-0.4, -0.2) is 11.5 Å². The maximum atomic E-state index is 5.98. The molecule has 0 atom stereocenters. The second kappa shape index (κ2) is 7.41. The summed E-state index contributed by atoms with van der Waals surface area (Å²) in [7, 11) is 0. The number of hydrogen-bond acceptors (Lipinski definition) is 3. The Balaban J connectivity index is 2.16. The molecule has 0 aliphatic heterocycles. The normalized spacial score (nSPS) is 10.6. The van der Waals surface area contributed by atoms with Crippen LogP contribution in [0.25, 0.3) is 0 Å². The molecule has 1 aromatic carbocycles. The summed E-state index contributed by atoms with van der Waals surface area (Å²) in [4.78, 5) is 4.28. The lowest BCUT2D eigenvalue weighted by atomic mass is 10.1. The molecular weight excluding hydrogens is 316 g/mol. The Bertz CT molecular complexity index is 558. The summed E-state index contributed by atoms with van der Waals surface area (Å²) in [6, 6.07) is 10.0. The number of hydrogen-bond donors (Lipinski definition) is 1. The lowest BCUT2D eigenvalue weighted by Crippen LogP contribution is -2.13.